The Labute approximate surface area is 105 Å². The zero-order chi connectivity index (χ0) is 13.1. The number of nitrogens with zero attached hydrogens (tertiary/aromatic N) is 1. The van der Waals surface area contributed by atoms with Gasteiger partial charge in [-0.3, -0.25) is 4.79 Å². The molecule has 5 nitrogen and oxygen atoms in total. The van der Waals surface area contributed by atoms with Crippen LogP contribution in [0.4, 0.5) is 4.79 Å². The lowest BCUT2D eigenvalue weighted by atomic mass is 10.1. The first-order valence-corrected chi connectivity index (χ1v) is 5.83. The van der Waals surface area contributed by atoms with Crippen LogP contribution in [0.15, 0.2) is 24.3 Å². The van der Waals surface area contributed by atoms with E-state index in [1.54, 1.807) is 12.1 Å². The summed E-state index contributed by atoms with van der Waals surface area (Å²) < 4.78 is 5.25. The SMILES string of the molecule is Cc1ccccc1OC(=O)N1CCC(C(=O)O)C1. The molecule has 0 aromatic heterocycles. The van der Waals surface area contributed by atoms with E-state index in [-0.39, 0.29) is 6.54 Å². The summed E-state index contributed by atoms with van der Waals surface area (Å²) in [6.45, 7) is 2.51. The maximum Gasteiger partial charge on any atom is 0.415 e. The molecule has 1 atom stereocenters. The predicted octanol–water partition coefficient (Wildman–Crippen LogP) is 1.90. The van der Waals surface area contributed by atoms with Crippen LogP contribution >= 0.6 is 0 Å². The van der Waals surface area contributed by atoms with Crippen molar-refractivity contribution in [2.75, 3.05) is 13.1 Å². The molecule has 1 unspecified atom stereocenters. The van der Waals surface area contributed by atoms with Gasteiger partial charge in [-0.2, -0.15) is 0 Å². The minimum Gasteiger partial charge on any atom is -0.481 e. The summed E-state index contributed by atoms with van der Waals surface area (Å²) >= 11 is 0. The number of carboxylic acid groups (broad SMARTS) is 1. The first-order chi connectivity index (χ1) is 8.58. The minimum atomic E-state index is -0.860. The Morgan fingerprint density at radius 2 is 2.11 bits per heavy atom. The molecule has 2 rings (SSSR count). The molecule has 1 amide bonds. The monoisotopic (exact) mass is 249 g/mol. The summed E-state index contributed by atoms with van der Waals surface area (Å²) in [6, 6.07) is 7.23. The van der Waals surface area contributed by atoms with Gasteiger partial charge in [0.05, 0.1) is 5.92 Å². The molecular weight excluding hydrogens is 234 g/mol. The van der Waals surface area contributed by atoms with E-state index < -0.39 is 18.0 Å². The molecule has 0 bridgehead atoms. The van der Waals surface area contributed by atoms with Gasteiger partial charge < -0.3 is 14.7 Å². The number of carbonyl (C=O) groups is 2. The average Bonchev–Trinajstić information content (AvgIpc) is 2.81. The van der Waals surface area contributed by atoms with Crippen LogP contribution in [0.5, 0.6) is 5.75 Å². The summed E-state index contributed by atoms with van der Waals surface area (Å²) in [5, 5.41) is 8.87. The molecule has 1 aliphatic rings. The molecule has 0 radical (unpaired) electrons. The number of carbonyl (C=O) groups excluding carboxylic acids is 1. The standard InChI is InChI=1S/C13H15NO4/c1-9-4-2-3-5-11(9)18-13(17)14-7-6-10(8-14)12(15)16/h2-5,10H,6-8H2,1H3,(H,15,16). The topological polar surface area (TPSA) is 66.8 Å². The fraction of sp³-hybridized carbons (Fsp3) is 0.385. The van der Waals surface area contributed by atoms with E-state index in [2.05, 4.69) is 0 Å². The highest BCUT2D eigenvalue weighted by atomic mass is 16.6. The third kappa shape index (κ3) is 2.61. The minimum absolute atomic E-state index is 0.222. The third-order valence-electron chi connectivity index (χ3n) is 3.09. The van der Waals surface area contributed by atoms with Crippen molar-refractivity contribution in [3.63, 3.8) is 0 Å². The predicted molar refractivity (Wildman–Crippen MR) is 64.5 cm³/mol. The Bertz CT molecular complexity index is 472. The molecule has 1 aromatic carbocycles. The van der Waals surface area contributed by atoms with Gasteiger partial charge in [-0.25, -0.2) is 4.79 Å². The number of hydrogen-bond donors (Lipinski definition) is 1. The molecule has 96 valence electrons. The lowest BCUT2D eigenvalue weighted by Gasteiger charge is -2.16. The second-order valence-corrected chi connectivity index (χ2v) is 4.40. The van der Waals surface area contributed by atoms with E-state index >= 15 is 0 Å². The number of ether oxygens (including phenoxy) is 1. The maximum atomic E-state index is 11.8. The zero-order valence-electron chi connectivity index (χ0n) is 10.1. The van der Waals surface area contributed by atoms with E-state index in [1.165, 1.54) is 4.90 Å². The molecule has 1 saturated heterocycles. The fourth-order valence-corrected chi connectivity index (χ4v) is 1.96. The van der Waals surface area contributed by atoms with Crippen LogP contribution in [-0.2, 0) is 4.79 Å². The quantitative estimate of drug-likeness (QED) is 0.869. The summed E-state index contributed by atoms with van der Waals surface area (Å²) in [5.74, 6) is -0.822. The molecule has 0 spiro atoms. The molecule has 1 aromatic rings. The number of rotatable bonds is 2. The van der Waals surface area contributed by atoms with Gasteiger partial charge in [0, 0.05) is 13.1 Å². The largest absolute Gasteiger partial charge is 0.481 e. The summed E-state index contributed by atoms with van der Waals surface area (Å²) in [4.78, 5) is 24.1. The number of likely N-dealkylation sites (tertiary alicyclic amines) is 1. The van der Waals surface area contributed by atoms with E-state index in [1.807, 2.05) is 19.1 Å². The van der Waals surface area contributed by atoms with Crippen LogP contribution in [0.25, 0.3) is 0 Å². The van der Waals surface area contributed by atoms with Crippen molar-refractivity contribution in [3.05, 3.63) is 29.8 Å². The van der Waals surface area contributed by atoms with Gasteiger partial charge in [0.15, 0.2) is 0 Å². The number of hydrogen-bond acceptors (Lipinski definition) is 3. The number of aryl methyl sites for hydroxylation is 1. The molecule has 18 heavy (non-hydrogen) atoms. The van der Waals surface area contributed by atoms with Gasteiger partial charge in [-0.1, -0.05) is 18.2 Å². The lowest BCUT2D eigenvalue weighted by Crippen LogP contribution is -2.32. The normalized spacial score (nSPS) is 18.7. The second-order valence-electron chi connectivity index (χ2n) is 4.40. The Morgan fingerprint density at radius 3 is 2.72 bits per heavy atom. The van der Waals surface area contributed by atoms with Crippen LogP contribution < -0.4 is 4.74 Å². The van der Waals surface area contributed by atoms with Gasteiger partial charge >= 0.3 is 12.1 Å². The third-order valence-corrected chi connectivity index (χ3v) is 3.09. The number of carboxylic acids is 1. The Kier molecular flexibility index (Phi) is 3.50. The highest BCUT2D eigenvalue weighted by molar-refractivity contribution is 5.75. The molecule has 5 heteroatoms. The zero-order valence-corrected chi connectivity index (χ0v) is 10.1. The molecular formula is C13H15NO4. The first-order valence-electron chi connectivity index (χ1n) is 5.83. The van der Waals surface area contributed by atoms with Crippen molar-refractivity contribution in [2.24, 2.45) is 5.92 Å². The van der Waals surface area contributed by atoms with E-state index in [0.717, 1.165) is 5.56 Å². The molecule has 1 aliphatic heterocycles. The second kappa shape index (κ2) is 5.08. The Hall–Kier alpha value is -2.04. The van der Waals surface area contributed by atoms with Crippen molar-refractivity contribution in [2.45, 2.75) is 13.3 Å². The molecule has 0 aliphatic carbocycles. The van der Waals surface area contributed by atoms with Crippen LogP contribution in [0.2, 0.25) is 0 Å². The van der Waals surface area contributed by atoms with Crippen molar-refractivity contribution >= 4 is 12.1 Å². The molecule has 1 fully saturated rings. The first kappa shape index (κ1) is 12.4. The maximum absolute atomic E-state index is 11.8. The van der Waals surface area contributed by atoms with Gasteiger partial charge in [0.2, 0.25) is 0 Å². The summed E-state index contributed by atoms with van der Waals surface area (Å²) in [6.07, 6.45) is 0.00567. The highest BCUT2D eigenvalue weighted by Gasteiger charge is 2.31. The molecule has 1 N–H and O–H groups in total. The van der Waals surface area contributed by atoms with Crippen molar-refractivity contribution in [1.29, 1.82) is 0 Å². The molecule has 0 saturated carbocycles. The molecule has 1 heterocycles. The summed E-state index contributed by atoms with van der Waals surface area (Å²) in [7, 11) is 0. The van der Waals surface area contributed by atoms with E-state index in [4.69, 9.17) is 9.84 Å². The van der Waals surface area contributed by atoms with Crippen LogP contribution in [0.3, 0.4) is 0 Å². The van der Waals surface area contributed by atoms with E-state index in [9.17, 15) is 9.59 Å². The van der Waals surface area contributed by atoms with Gasteiger partial charge in [0.1, 0.15) is 5.75 Å². The summed E-state index contributed by atoms with van der Waals surface area (Å²) in [5.41, 5.74) is 0.875. The van der Waals surface area contributed by atoms with Crippen LogP contribution in [-0.4, -0.2) is 35.2 Å². The van der Waals surface area contributed by atoms with Gasteiger partial charge in [-0.15, -0.1) is 0 Å². The number of benzene rings is 1. The van der Waals surface area contributed by atoms with Gasteiger partial charge in [0.25, 0.3) is 0 Å². The van der Waals surface area contributed by atoms with Crippen LogP contribution in [0, 0.1) is 12.8 Å². The van der Waals surface area contributed by atoms with Crippen molar-refractivity contribution in [1.82, 2.24) is 4.90 Å². The van der Waals surface area contributed by atoms with E-state index in [0.29, 0.717) is 18.7 Å². The van der Waals surface area contributed by atoms with Gasteiger partial charge in [-0.05, 0) is 25.0 Å². The van der Waals surface area contributed by atoms with Crippen molar-refractivity contribution in [3.8, 4) is 5.75 Å². The number of para-hydroxylation sites is 1. The Balaban J connectivity index is 1.98. The average molecular weight is 249 g/mol. The highest BCUT2D eigenvalue weighted by Crippen LogP contribution is 2.21. The number of aliphatic carboxylic acids is 1. The van der Waals surface area contributed by atoms with Crippen LogP contribution in [0.1, 0.15) is 12.0 Å². The Morgan fingerprint density at radius 1 is 1.39 bits per heavy atom. The smallest absolute Gasteiger partial charge is 0.415 e. The van der Waals surface area contributed by atoms with Crippen molar-refractivity contribution < 1.29 is 19.4 Å². The fourth-order valence-electron chi connectivity index (χ4n) is 1.96. The number of amides is 1. The lowest BCUT2D eigenvalue weighted by molar-refractivity contribution is -0.141.